The summed E-state index contributed by atoms with van der Waals surface area (Å²) in [4.78, 5) is 44.0. The minimum atomic E-state index is -1.24. The van der Waals surface area contributed by atoms with Crippen molar-refractivity contribution in [2.24, 2.45) is 0 Å². The number of hydrogen-bond donors (Lipinski definition) is 2. The van der Waals surface area contributed by atoms with Crippen molar-refractivity contribution >= 4 is 23.5 Å². The maximum atomic E-state index is 14.1. The highest BCUT2D eigenvalue weighted by Gasteiger charge is 2.49. The van der Waals surface area contributed by atoms with E-state index in [0.717, 1.165) is 42.3 Å². The number of halogens is 1. The molecule has 4 amide bonds. The van der Waals surface area contributed by atoms with Crippen molar-refractivity contribution in [2.45, 2.75) is 32.4 Å². The smallest absolute Gasteiger partial charge is 0.325 e. The quantitative estimate of drug-likeness (QED) is 0.620. The summed E-state index contributed by atoms with van der Waals surface area (Å²) in [6, 6.07) is 10.8. The van der Waals surface area contributed by atoms with Gasteiger partial charge in [-0.3, -0.25) is 14.5 Å². The molecule has 9 heteroatoms. The molecule has 2 saturated heterocycles. The van der Waals surface area contributed by atoms with Crippen LogP contribution < -0.4 is 15.5 Å². The fraction of sp³-hybridized carbons (Fsp3) is 0.423. The van der Waals surface area contributed by atoms with Crippen LogP contribution in [0.2, 0.25) is 0 Å². The Morgan fingerprint density at radius 2 is 1.77 bits per heavy atom. The molecule has 2 aliphatic rings. The van der Waals surface area contributed by atoms with Crippen LogP contribution in [0.15, 0.2) is 42.5 Å². The predicted octanol–water partition coefficient (Wildman–Crippen LogP) is 2.53. The number of benzene rings is 2. The van der Waals surface area contributed by atoms with Gasteiger partial charge < -0.3 is 20.4 Å². The number of imide groups is 1. The van der Waals surface area contributed by atoms with Crippen molar-refractivity contribution in [2.75, 3.05) is 44.7 Å². The van der Waals surface area contributed by atoms with Gasteiger partial charge in [0.1, 0.15) is 17.9 Å². The molecule has 4 rings (SSSR count). The highest BCUT2D eigenvalue weighted by atomic mass is 19.1. The maximum Gasteiger partial charge on any atom is 0.325 e. The van der Waals surface area contributed by atoms with Crippen molar-refractivity contribution in [3.8, 4) is 0 Å². The van der Waals surface area contributed by atoms with E-state index in [2.05, 4.69) is 27.5 Å². The van der Waals surface area contributed by atoms with Crippen molar-refractivity contribution in [1.82, 2.24) is 20.4 Å². The van der Waals surface area contributed by atoms with Gasteiger partial charge in [0.05, 0.1) is 6.04 Å². The molecule has 2 aromatic carbocycles. The number of amides is 4. The maximum absolute atomic E-state index is 14.1. The number of nitrogens with one attached hydrogen (secondary N) is 2. The third-order valence-corrected chi connectivity index (χ3v) is 6.88. The van der Waals surface area contributed by atoms with E-state index >= 15 is 0 Å². The lowest BCUT2D eigenvalue weighted by atomic mass is 9.91. The number of aryl methyl sites for hydroxylation is 1. The first-order valence-electron chi connectivity index (χ1n) is 11.8. The monoisotopic (exact) mass is 481 g/mol. The zero-order valence-corrected chi connectivity index (χ0v) is 20.6. The van der Waals surface area contributed by atoms with Crippen LogP contribution in [-0.4, -0.2) is 67.4 Å². The number of carbonyl (C=O) groups excluding carboxylic acids is 3. The Morgan fingerprint density at radius 3 is 2.43 bits per heavy atom. The standard InChI is InChI=1S/C26H32FN5O3/c1-17-5-7-19(8-6-17)26(3)24(34)32(25(35)29-26)16-23(33)28-18(2)21-15-20(27)9-10-22(21)31-13-11-30(4)12-14-31/h5-10,15,18H,11-14,16H2,1-4H3,(H,28,33)(H,29,35). The van der Waals surface area contributed by atoms with Gasteiger partial charge in [-0.2, -0.15) is 0 Å². The van der Waals surface area contributed by atoms with E-state index in [1.165, 1.54) is 12.1 Å². The molecule has 0 saturated carbocycles. The van der Waals surface area contributed by atoms with E-state index in [-0.39, 0.29) is 5.82 Å². The largest absolute Gasteiger partial charge is 0.369 e. The number of hydrogen-bond acceptors (Lipinski definition) is 5. The second-order valence-electron chi connectivity index (χ2n) is 9.60. The molecule has 2 fully saturated rings. The molecule has 186 valence electrons. The summed E-state index contributed by atoms with van der Waals surface area (Å²) in [5.41, 5.74) is 1.97. The normalized spacial score (nSPS) is 21.7. The minimum Gasteiger partial charge on any atom is -0.369 e. The van der Waals surface area contributed by atoms with Crippen molar-refractivity contribution in [1.29, 1.82) is 0 Å². The summed E-state index contributed by atoms with van der Waals surface area (Å²) in [7, 11) is 2.06. The third-order valence-electron chi connectivity index (χ3n) is 6.88. The number of nitrogens with zero attached hydrogens (tertiary/aromatic N) is 3. The van der Waals surface area contributed by atoms with Gasteiger partial charge in [-0.15, -0.1) is 0 Å². The summed E-state index contributed by atoms with van der Waals surface area (Å²) >= 11 is 0. The summed E-state index contributed by atoms with van der Waals surface area (Å²) in [5, 5.41) is 5.55. The van der Waals surface area contributed by atoms with Crippen LogP contribution in [0.1, 0.15) is 36.6 Å². The Balaban J connectivity index is 1.46. The predicted molar refractivity (Wildman–Crippen MR) is 131 cm³/mol. The van der Waals surface area contributed by atoms with Crippen LogP contribution in [-0.2, 0) is 15.1 Å². The molecule has 2 atom stereocenters. The zero-order valence-electron chi connectivity index (χ0n) is 20.6. The first kappa shape index (κ1) is 24.7. The molecule has 0 spiro atoms. The first-order valence-corrected chi connectivity index (χ1v) is 11.8. The number of piperazine rings is 1. The van der Waals surface area contributed by atoms with Crippen LogP contribution >= 0.6 is 0 Å². The number of urea groups is 1. The average Bonchev–Trinajstić information content (AvgIpc) is 3.03. The Kier molecular flexibility index (Phi) is 6.80. The topological polar surface area (TPSA) is 85.0 Å². The average molecular weight is 482 g/mol. The Bertz CT molecular complexity index is 1130. The molecule has 2 heterocycles. The molecular weight excluding hydrogens is 449 g/mol. The Morgan fingerprint density at radius 1 is 1.11 bits per heavy atom. The lowest BCUT2D eigenvalue weighted by Crippen LogP contribution is -2.45. The fourth-order valence-electron chi connectivity index (χ4n) is 4.64. The van der Waals surface area contributed by atoms with E-state index in [4.69, 9.17) is 0 Å². The molecule has 35 heavy (non-hydrogen) atoms. The first-order chi connectivity index (χ1) is 16.6. The summed E-state index contributed by atoms with van der Waals surface area (Å²) in [6.45, 7) is 8.31. The number of rotatable bonds is 6. The summed E-state index contributed by atoms with van der Waals surface area (Å²) in [5.74, 6) is -1.37. The van der Waals surface area contributed by atoms with Crippen LogP contribution in [0.4, 0.5) is 14.9 Å². The van der Waals surface area contributed by atoms with E-state index in [0.29, 0.717) is 11.1 Å². The molecule has 2 N–H and O–H groups in total. The summed E-state index contributed by atoms with van der Waals surface area (Å²) in [6.07, 6.45) is 0. The molecule has 2 aromatic rings. The van der Waals surface area contributed by atoms with Crippen LogP contribution in [0.3, 0.4) is 0 Å². The fourth-order valence-corrected chi connectivity index (χ4v) is 4.64. The van der Waals surface area contributed by atoms with Gasteiger partial charge in [-0.1, -0.05) is 29.8 Å². The molecule has 2 aliphatic heterocycles. The van der Waals surface area contributed by atoms with Crippen molar-refractivity contribution < 1.29 is 18.8 Å². The number of anilines is 1. The minimum absolute atomic E-state index is 0.387. The van der Waals surface area contributed by atoms with Gasteiger partial charge in [-0.05, 0) is 51.6 Å². The number of likely N-dealkylation sites (N-methyl/N-ethyl adjacent to an activating group) is 1. The molecule has 0 aromatic heterocycles. The van der Waals surface area contributed by atoms with Crippen LogP contribution in [0.5, 0.6) is 0 Å². The van der Waals surface area contributed by atoms with Gasteiger partial charge in [0.2, 0.25) is 5.91 Å². The second kappa shape index (κ2) is 9.65. The second-order valence-corrected chi connectivity index (χ2v) is 9.60. The summed E-state index contributed by atoms with van der Waals surface area (Å²) < 4.78 is 14.1. The van der Waals surface area contributed by atoms with Gasteiger partial charge in [0, 0.05) is 37.4 Å². The lowest BCUT2D eigenvalue weighted by molar-refractivity contribution is -0.135. The van der Waals surface area contributed by atoms with Crippen LogP contribution in [0.25, 0.3) is 0 Å². The zero-order chi connectivity index (χ0) is 25.3. The van der Waals surface area contributed by atoms with Gasteiger partial charge in [0.25, 0.3) is 5.91 Å². The molecule has 0 radical (unpaired) electrons. The van der Waals surface area contributed by atoms with E-state index in [9.17, 15) is 18.8 Å². The molecular formula is C26H32FN5O3. The van der Waals surface area contributed by atoms with Crippen molar-refractivity contribution in [3.63, 3.8) is 0 Å². The van der Waals surface area contributed by atoms with Gasteiger partial charge in [0.15, 0.2) is 0 Å². The van der Waals surface area contributed by atoms with E-state index in [1.807, 2.05) is 19.1 Å². The van der Waals surface area contributed by atoms with Gasteiger partial charge >= 0.3 is 6.03 Å². The highest BCUT2D eigenvalue weighted by molar-refractivity contribution is 6.09. The number of carbonyl (C=O) groups is 3. The molecule has 8 nitrogen and oxygen atoms in total. The van der Waals surface area contributed by atoms with E-state index in [1.54, 1.807) is 32.0 Å². The van der Waals surface area contributed by atoms with Crippen LogP contribution in [0, 0.1) is 12.7 Å². The van der Waals surface area contributed by atoms with Crippen molar-refractivity contribution in [3.05, 3.63) is 65.0 Å². The Hall–Kier alpha value is -3.46. The lowest BCUT2D eigenvalue weighted by Gasteiger charge is -2.36. The highest BCUT2D eigenvalue weighted by Crippen LogP contribution is 2.30. The molecule has 0 bridgehead atoms. The van der Waals surface area contributed by atoms with Gasteiger partial charge in [-0.25, -0.2) is 9.18 Å². The van der Waals surface area contributed by atoms with E-state index < -0.39 is 36.0 Å². The molecule has 2 unspecified atom stereocenters. The SMILES string of the molecule is Cc1ccc(C2(C)NC(=O)N(CC(=O)NC(C)c3cc(F)ccc3N3CCN(C)CC3)C2=O)cc1. The Labute approximate surface area is 205 Å². The molecule has 0 aliphatic carbocycles. The third kappa shape index (κ3) is 5.00.